The minimum atomic E-state index is -0.629. The first-order chi connectivity index (χ1) is 11.3. The van der Waals surface area contributed by atoms with E-state index in [1.807, 2.05) is 30.3 Å². The fraction of sp³-hybridized carbons (Fsp3) is 0.235. The fourth-order valence-corrected chi connectivity index (χ4v) is 2.94. The molecule has 0 saturated carbocycles. The SMILES string of the molecule is Cn1c(=O)c2c(O)c(Cc3ccccc3)c(=O)n(C)c2n(C)c1=O. The van der Waals surface area contributed by atoms with Crippen LogP contribution in [0.5, 0.6) is 5.75 Å². The molecule has 0 fully saturated rings. The molecule has 2 aromatic heterocycles. The highest BCUT2D eigenvalue weighted by Gasteiger charge is 2.21. The number of aromatic nitrogens is 3. The van der Waals surface area contributed by atoms with Gasteiger partial charge in [-0.1, -0.05) is 30.3 Å². The van der Waals surface area contributed by atoms with Gasteiger partial charge in [-0.3, -0.25) is 23.3 Å². The Bertz CT molecular complexity index is 1120. The van der Waals surface area contributed by atoms with E-state index in [-0.39, 0.29) is 28.8 Å². The van der Waals surface area contributed by atoms with Gasteiger partial charge in [0.25, 0.3) is 11.1 Å². The van der Waals surface area contributed by atoms with E-state index in [0.717, 1.165) is 10.1 Å². The third-order valence-electron chi connectivity index (χ3n) is 4.26. The molecule has 0 unspecified atom stereocenters. The van der Waals surface area contributed by atoms with Crippen LogP contribution in [0.25, 0.3) is 11.0 Å². The molecule has 0 aliphatic heterocycles. The second-order valence-corrected chi connectivity index (χ2v) is 5.76. The van der Waals surface area contributed by atoms with Crippen LogP contribution in [-0.4, -0.2) is 18.8 Å². The normalized spacial score (nSPS) is 11.1. The fourth-order valence-electron chi connectivity index (χ4n) is 2.94. The molecule has 0 spiro atoms. The van der Waals surface area contributed by atoms with E-state index in [9.17, 15) is 19.5 Å². The number of aryl methyl sites for hydroxylation is 2. The first-order valence-corrected chi connectivity index (χ1v) is 7.39. The maximum atomic E-state index is 12.6. The molecule has 0 radical (unpaired) electrons. The molecule has 7 nitrogen and oxygen atoms in total. The summed E-state index contributed by atoms with van der Waals surface area (Å²) in [4.78, 5) is 37.2. The lowest BCUT2D eigenvalue weighted by Gasteiger charge is -2.15. The maximum absolute atomic E-state index is 12.6. The Balaban J connectivity index is 2.45. The smallest absolute Gasteiger partial charge is 0.332 e. The first-order valence-electron chi connectivity index (χ1n) is 7.39. The summed E-state index contributed by atoms with van der Waals surface area (Å²) < 4.78 is 3.33. The molecule has 0 aliphatic rings. The highest BCUT2D eigenvalue weighted by Crippen LogP contribution is 2.24. The molecule has 7 heteroatoms. The number of benzene rings is 1. The number of rotatable bonds is 2. The van der Waals surface area contributed by atoms with Crippen LogP contribution in [0.3, 0.4) is 0 Å². The van der Waals surface area contributed by atoms with Gasteiger partial charge in [0.05, 0.1) is 5.56 Å². The molecule has 3 aromatic rings. The summed E-state index contributed by atoms with van der Waals surface area (Å²) >= 11 is 0. The Morgan fingerprint density at radius 2 is 1.50 bits per heavy atom. The van der Waals surface area contributed by atoms with Crippen LogP contribution in [0.1, 0.15) is 11.1 Å². The average molecular weight is 327 g/mol. The second-order valence-electron chi connectivity index (χ2n) is 5.76. The number of hydrogen-bond acceptors (Lipinski definition) is 4. The van der Waals surface area contributed by atoms with Crippen molar-refractivity contribution in [2.24, 2.45) is 21.1 Å². The first kappa shape index (κ1) is 15.8. The maximum Gasteiger partial charge on any atom is 0.332 e. The zero-order valence-corrected chi connectivity index (χ0v) is 13.6. The monoisotopic (exact) mass is 327 g/mol. The van der Waals surface area contributed by atoms with E-state index in [4.69, 9.17) is 0 Å². The zero-order chi connectivity index (χ0) is 17.6. The van der Waals surface area contributed by atoms with Crippen molar-refractivity contribution in [1.29, 1.82) is 0 Å². The van der Waals surface area contributed by atoms with Gasteiger partial charge in [0, 0.05) is 27.6 Å². The summed E-state index contributed by atoms with van der Waals surface area (Å²) in [6.45, 7) is 0. The van der Waals surface area contributed by atoms with Gasteiger partial charge in [0.2, 0.25) is 0 Å². The van der Waals surface area contributed by atoms with E-state index in [1.165, 1.54) is 30.3 Å². The average Bonchev–Trinajstić information content (AvgIpc) is 2.59. The van der Waals surface area contributed by atoms with Gasteiger partial charge in [0.1, 0.15) is 16.8 Å². The topological polar surface area (TPSA) is 86.2 Å². The number of pyridine rings is 1. The highest BCUT2D eigenvalue weighted by atomic mass is 16.3. The Morgan fingerprint density at radius 1 is 0.875 bits per heavy atom. The lowest BCUT2D eigenvalue weighted by Crippen LogP contribution is -2.40. The Hall–Kier alpha value is -3.09. The van der Waals surface area contributed by atoms with Crippen LogP contribution in [0.15, 0.2) is 44.7 Å². The minimum Gasteiger partial charge on any atom is -0.506 e. The van der Waals surface area contributed by atoms with Gasteiger partial charge in [0.15, 0.2) is 0 Å². The van der Waals surface area contributed by atoms with E-state index < -0.39 is 16.8 Å². The summed E-state index contributed by atoms with van der Waals surface area (Å²) in [5.74, 6) is -0.367. The van der Waals surface area contributed by atoms with Crippen molar-refractivity contribution < 1.29 is 5.11 Å². The summed E-state index contributed by atoms with van der Waals surface area (Å²) in [5.41, 5.74) is -0.555. The second kappa shape index (κ2) is 5.52. The quantitative estimate of drug-likeness (QED) is 0.730. The van der Waals surface area contributed by atoms with Crippen LogP contribution < -0.4 is 16.8 Å². The summed E-state index contributed by atoms with van der Waals surface area (Å²) in [6, 6.07) is 9.19. The lowest BCUT2D eigenvalue weighted by molar-refractivity contribution is 0.470. The van der Waals surface area contributed by atoms with E-state index in [0.29, 0.717) is 0 Å². The van der Waals surface area contributed by atoms with Crippen molar-refractivity contribution in [3.63, 3.8) is 0 Å². The molecule has 0 saturated heterocycles. The summed E-state index contributed by atoms with van der Waals surface area (Å²) in [7, 11) is 4.28. The van der Waals surface area contributed by atoms with Crippen molar-refractivity contribution in [1.82, 2.24) is 13.7 Å². The van der Waals surface area contributed by atoms with Crippen LogP contribution in [0, 0.1) is 0 Å². The molecule has 3 rings (SSSR count). The van der Waals surface area contributed by atoms with Crippen molar-refractivity contribution in [3.8, 4) is 5.75 Å². The van der Waals surface area contributed by atoms with Crippen LogP contribution in [-0.2, 0) is 27.6 Å². The molecule has 0 aliphatic carbocycles. The molecular formula is C17H17N3O4. The van der Waals surface area contributed by atoms with Gasteiger partial charge in [-0.15, -0.1) is 0 Å². The lowest BCUT2D eigenvalue weighted by atomic mass is 10.0. The number of fused-ring (bicyclic) bond motifs is 1. The predicted octanol–water partition coefficient (Wildman–Crippen LogP) is 0.232. The number of nitrogens with zero attached hydrogens (tertiary/aromatic N) is 3. The van der Waals surface area contributed by atoms with Gasteiger partial charge in [-0.2, -0.15) is 0 Å². The number of aromatic hydroxyl groups is 1. The van der Waals surface area contributed by atoms with E-state index >= 15 is 0 Å². The van der Waals surface area contributed by atoms with E-state index in [2.05, 4.69) is 0 Å². The van der Waals surface area contributed by atoms with Crippen molar-refractivity contribution >= 4 is 11.0 Å². The van der Waals surface area contributed by atoms with Gasteiger partial charge in [-0.05, 0) is 5.56 Å². The molecular weight excluding hydrogens is 310 g/mol. The molecule has 0 amide bonds. The van der Waals surface area contributed by atoms with Crippen molar-refractivity contribution in [2.75, 3.05) is 0 Å². The molecule has 124 valence electrons. The van der Waals surface area contributed by atoms with Crippen LogP contribution in [0.4, 0.5) is 0 Å². The molecule has 1 aromatic carbocycles. The predicted molar refractivity (Wildman–Crippen MR) is 90.6 cm³/mol. The van der Waals surface area contributed by atoms with Crippen LogP contribution >= 0.6 is 0 Å². The van der Waals surface area contributed by atoms with Gasteiger partial charge in [-0.25, -0.2) is 4.79 Å². The molecule has 0 bridgehead atoms. The Labute approximate surface area is 136 Å². The minimum absolute atomic E-state index is 0.0346. The number of hydrogen-bond donors (Lipinski definition) is 1. The zero-order valence-electron chi connectivity index (χ0n) is 13.6. The van der Waals surface area contributed by atoms with Crippen molar-refractivity contribution in [3.05, 3.63) is 72.7 Å². The van der Waals surface area contributed by atoms with Gasteiger partial charge < -0.3 is 5.11 Å². The largest absolute Gasteiger partial charge is 0.506 e. The summed E-state index contributed by atoms with van der Waals surface area (Å²) in [6.07, 6.45) is 0.196. The third-order valence-corrected chi connectivity index (χ3v) is 4.26. The Kier molecular flexibility index (Phi) is 3.63. The third kappa shape index (κ3) is 2.17. The standard InChI is InChI=1S/C17H17N3O4/c1-18-14-12(16(23)20(3)17(24)19(14)2)13(21)11(15(18)22)9-10-7-5-4-6-8-10/h4-8,21H,9H2,1-3H3. The Morgan fingerprint density at radius 3 is 2.12 bits per heavy atom. The molecule has 1 N–H and O–H groups in total. The van der Waals surface area contributed by atoms with Crippen molar-refractivity contribution in [2.45, 2.75) is 6.42 Å². The summed E-state index contributed by atoms with van der Waals surface area (Å²) in [5, 5.41) is 10.6. The molecule has 2 heterocycles. The van der Waals surface area contributed by atoms with Crippen LogP contribution in [0.2, 0.25) is 0 Å². The molecule has 0 atom stereocenters. The molecule has 24 heavy (non-hydrogen) atoms. The van der Waals surface area contributed by atoms with Gasteiger partial charge >= 0.3 is 5.69 Å². The van der Waals surface area contributed by atoms with E-state index in [1.54, 1.807) is 0 Å². The highest BCUT2D eigenvalue weighted by molar-refractivity contribution is 5.83.